The van der Waals surface area contributed by atoms with Crippen molar-refractivity contribution < 1.29 is 19.1 Å². The topological polar surface area (TPSA) is 72.0 Å². The third-order valence-electron chi connectivity index (χ3n) is 5.21. The fourth-order valence-corrected chi connectivity index (χ4v) is 3.72. The first-order valence-electron chi connectivity index (χ1n) is 9.46. The molecular weight excluding hydrogens is 358 g/mol. The molecule has 0 spiro atoms. The number of hydrogen-bond donors (Lipinski definition) is 0. The molecule has 7 heteroatoms. The molecule has 28 heavy (non-hydrogen) atoms. The van der Waals surface area contributed by atoms with E-state index in [1.165, 1.54) is 5.56 Å². The lowest BCUT2D eigenvalue weighted by molar-refractivity contribution is -0.152. The fourth-order valence-electron chi connectivity index (χ4n) is 3.72. The third kappa shape index (κ3) is 4.14. The highest BCUT2D eigenvalue weighted by Crippen LogP contribution is 2.24. The largest absolute Gasteiger partial charge is 0.482 e. The number of pyridine rings is 1. The van der Waals surface area contributed by atoms with E-state index in [1.807, 2.05) is 23.1 Å². The van der Waals surface area contributed by atoms with Crippen LogP contribution in [0.2, 0.25) is 0 Å². The molecule has 2 aliphatic heterocycles. The summed E-state index contributed by atoms with van der Waals surface area (Å²) in [5.41, 5.74) is 1.19. The van der Waals surface area contributed by atoms with E-state index in [1.54, 1.807) is 29.4 Å². The van der Waals surface area contributed by atoms with Gasteiger partial charge in [-0.05, 0) is 24.1 Å². The zero-order chi connectivity index (χ0) is 19.3. The highest BCUT2D eigenvalue weighted by atomic mass is 16.5. The third-order valence-corrected chi connectivity index (χ3v) is 5.21. The summed E-state index contributed by atoms with van der Waals surface area (Å²) >= 11 is 0. The number of fused-ring (bicyclic) bond motifs is 1. The van der Waals surface area contributed by atoms with Gasteiger partial charge in [0.15, 0.2) is 6.61 Å². The van der Waals surface area contributed by atoms with Crippen LogP contribution < -0.4 is 4.74 Å². The van der Waals surface area contributed by atoms with Crippen LogP contribution in [0.3, 0.4) is 0 Å². The van der Waals surface area contributed by atoms with Gasteiger partial charge in [-0.3, -0.25) is 14.6 Å². The summed E-state index contributed by atoms with van der Waals surface area (Å²) in [5.74, 6) is 0.429. The van der Waals surface area contributed by atoms with E-state index >= 15 is 0 Å². The van der Waals surface area contributed by atoms with Gasteiger partial charge in [0.1, 0.15) is 12.4 Å². The molecule has 1 aromatic heterocycles. The van der Waals surface area contributed by atoms with Gasteiger partial charge in [0.05, 0.1) is 18.3 Å². The van der Waals surface area contributed by atoms with Crippen LogP contribution in [0.25, 0.3) is 0 Å². The molecule has 146 valence electrons. The smallest absolute Gasteiger partial charge is 0.260 e. The number of benzene rings is 1. The lowest BCUT2D eigenvalue weighted by atomic mass is 10.1. The maximum absolute atomic E-state index is 12.6. The van der Waals surface area contributed by atoms with Gasteiger partial charge in [-0.2, -0.15) is 0 Å². The summed E-state index contributed by atoms with van der Waals surface area (Å²) in [6, 6.07) is 13.5. The first-order chi connectivity index (χ1) is 13.7. The summed E-state index contributed by atoms with van der Waals surface area (Å²) in [6.45, 7) is 1.60. The average Bonchev–Trinajstić information content (AvgIpc) is 3.17. The normalized spacial score (nSPS) is 21.5. The molecular formula is C21H23N3O4. The molecule has 0 aliphatic carbocycles. The molecule has 0 N–H and O–H groups in total. The molecule has 4 rings (SSSR count). The van der Waals surface area contributed by atoms with Gasteiger partial charge in [-0.1, -0.05) is 30.3 Å². The number of amides is 2. The van der Waals surface area contributed by atoms with Crippen molar-refractivity contribution >= 4 is 11.8 Å². The summed E-state index contributed by atoms with van der Waals surface area (Å²) in [4.78, 5) is 32.5. The van der Waals surface area contributed by atoms with E-state index in [2.05, 4.69) is 17.1 Å². The van der Waals surface area contributed by atoms with Gasteiger partial charge in [-0.25, -0.2) is 0 Å². The molecule has 2 saturated heterocycles. The van der Waals surface area contributed by atoms with Crippen molar-refractivity contribution in [3.05, 3.63) is 60.4 Å². The van der Waals surface area contributed by atoms with Gasteiger partial charge >= 0.3 is 0 Å². The maximum atomic E-state index is 12.6. The van der Waals surface area contributed by atoms with Crippen molar-refractivity contribution in [2.45, 2.75) is 18.6 Å². The van der Waals surface area contributed by atoms with Crippen LogP contribution in [0.4, 0.5) is 0 Å². The lowest BCUT2D eigenvalue weighted by Gasteiger charge is -2.36. The Labute approximate surface area is 163 Å². The summed E-state index contributed by atoms with van der Waals surface area (Å²) in [7, 11) is 0. The standard InChI is InChI=1S/C21H23N3O4/c25-20(14-27-17-7-4-9-22-11-17)23-12-18-19(13-23)28-15-21(26)24(18)10-8-16-5-2-1-3-6-16/h1-7,9,11,18-19H,8,10,12-15H2/t18-,19-/m0/s1. The summed E-state index contributed by atoms with van der Waals surface area (Å²) < 4.78 is 11.2. The van der Waals surface area contributed by atoms with Crippen molar-refractivity contribution in [1.29, 1.82) is 0 Å². The molecule has 3 heterocycles. The highest BCUT2D eigenvalue weighted by Gasteiger charge is 2.44. The number of hydrogen-bond acceptors (Lipinski definition) is 5. The number of rotatable bonds is 6. The van der Waals surface area contributed by atoms with Crippen LogP contribution in [-0.2, 0) is 20.7 Å². The molecule has 7 nitrogen and oxygen atoms in total. The zero-order valence-electron chi connectivity index (χ0n) is 15.6. The summed E-state index contributed by atoms with van der Waals surface area (Å²) in [5, 5.41) is 0. The minimum absolute atomic E-state index is 0.0157. The van der Waals surface area contributed by atoms with Gasteiger partial charge < -0.3 is 19.3 Å². The van der Waals surface area contributed by atoms with Crippen molar-refractivity contribution in [2.24, 2.45) is 0 Å². The Bertz CT molecular complexity index is 815. The average molecular weight is 381 g/mol. The number of aromatic nitrogens is 1. The van der Waals surface area contributed by atoms with E-state index in [9.17, 15) is 9.59 Å². The fraction of sp³-hybridized carbons (Fsp3) is 0.381. The SMILES string of the molecule is O=C(COc1cccnc1)N1C[C@@H]2OCC(=O)N(CCc3ccccc3)[C@H]2C1. The van der Waals surface area contributed by atoms with E-state index < -0.39 is 0 Å². The van der Waals surface area contributed by atoms with Crippen molar-refractivity contribution in [2.75, 3.05) is 32.8 Å². The van der Waals surface area contributed by atoms with Gasteiger partial charge in [-0.15, -0.1) is 0 Å². The first-order valence-corrected chi connectivity index (χ1v) is 9.46. The number of carbonyl (C=O) groups is 2. The van der Waals surface area contributed by atoms with Crippen molar-refractivity contribution in [3.63, 3.8) is 0 Å². The number of carbonyl (C=O) groups excluding carboxylic acids is 2. The molecule has 1 aromatic carbocycles. The van der Waals surface area contributed by atoms with E-state index in [0.717, 1.165) is 6.42 Å². The minimum atomic E-state index is -0.143. The van der Waals surface area contributed by atoms with Crippen LogP contribution in [-0.4, -0.2) is 71.6 Å². The van der Waals surface area contributed by atoms with Crippen molar-refractivity contribution in [3.8, 4) is 5.75 Å². The van der Waals surface area contributed by atoms with Gasteiger partial charge in [0, 0.05) is 25.8 Å². The Hall–Kier alpha value is -2.93. The van der Waals surface area contributed by atoms with E-state index in [-0.39, 0.29) is 37.2 Å². The second-order valence-electron chi connectivity index (χ2n) is 7.02. The van der Waals surface area contributed by atoms with Crippen LogP contribution in [0.1, 0.15) is 5.56 Å². The molecule has 0 saturated carbocycles. The molecule has 2 atom stereocenters. The molecule has 2 aliphatic rings. The molecule has 2 fully saturated rings. The van der Waals surface area contributed by atoms with E-state index in [0.29, 0.717) is 25.4 Å². The number of morpholine rings is 1. The Morgan fingerprint density at radius 2 is 2.04 bits per heavy atom. The number of ether oxygens (including phenoxy) is 2. The second kappa shape index (κ2) is 8.39. The Kier molecular flexibility index (Phi) is 5.53. The van der Waals surface area contributed by atoms with Gasteiger partial charge in [0.25, 0.3) is 5.91 Å². The maximum Gasteiger partial charge on any atom is 0.260 e. The lowest BCUT2D eigenvalue weighted by Crippen LogP contribution is -2.54. The van der Waals surface area contributed by atoms with Crippen LogP contribution >= 0.6 is 0 Å². The molecule has 0 bridgehead atoms. The predicted octanol–water partition coefficient (Wildman–Crippen LogP) is 1.14. The molecule has 0 radical (unpaired) electrons. The minimum Gasteiger partial charge on any atom is -0.482 e. The van der Waals surface area contributed by atoms with Crippen molar-refractivity contribution in [1.82, 2.24) is 14.8 Å². The zero-order valence-corrected chi connectivity index (χ0v) is 15.6. The first kappa shape index (κ1) is 18.4. The summed E-state index contributed by atoms with van der Waals surface area (Å²) in [6.07, 6.45) is 3.87. The number of likely N-dealkylation sites (tertiary alicyclic amines) is 1. The van der Waals surface area contributed by atoms with Crippen LogP contribution in [0, 0.1) is 0 Å². The van der Waals surface area contributed by atoms with Crippen LogP contribution in [0.15, 0.2) is 54.9 Å². The Morgan fingerprint density at radius 3 is 2.82 bits per heavy atom. The quantitative estimate of drug-likeness (QED) is 0.750. The molecule has 2 amide bonds. The predicted molar refractivity (Wildman–Crippen MR) is 102 cm³/mol. The Balaban J connectivity index is 1.35. The van der Waals surface area contributed by atoms with Gasteiger partial charge in [0.2, 0.25) is 5.91 Å². The Morgan fingerprint density at radius 1 is 1.18 bits per heavy atom. The van der Waals surface area contributed by atoms with Crippen LogP contribution in [0.5, 0.6) is 5.75 Å². The second-order valence-corrected chi connectivity index (χ2v) is 7.02. The molecule has 0 unspecified atom stereocenters. The number of nitrogens with zero attached hydrogens (tertiary/aromatic N) is 3. The monoisotopic (exact) mass is 381 g/mol. The van der Waals surface area contributed by atoms with E-state index in [4.69, 9.17) is 9.47 Å². The highest BCUT2D eigenvalue weighted by molar-refractivity contribution is 5.80. The molecule has 2 aromatic rings.